The van der Waals surface area contributed by atoms with Gasteiger partial charge in [0.05, 0.1) is 17.7 Å². The van der Waals surface area contributed by atoms with Crippen LogP contribution < -0.4 is 0 Å². The summed E-state index contributed by atoms with van der Waals surface area (Å²) in [6.45, 7) is 5.83. The van der Waals surface area contributed by atoms with Crippen molar-refractivity contribution in [2.45, 2.75) is 57.7 Å². The van der Waals surface area contributed by atoms with Gasteiger partial charge in [0.2, 0.25) is 5.91 Å². The highest BCUT2D eigenvalue weighted by atomic mass is 32.1. The van der Waals surface area contributed by atoms with Crippen LogP contribution in [-0.4, -0.2) is 48.7 Å². The Morgan fingerprint density at radius 3 is 2.93 bits per heavy atom. The Hall–Kier alpha value is -2.25. The maximum Gasteiger partial charge on any atom is 0.223 e. The summed E-state index contributed by atoms with van der Waals surface area (Å²) in [7, 11) is 0. The molecule has 0 N–H and O–H groups in total. The van der Waals surface area contributed by atoms with Gasteiger partial charge in [-0.05, 0) is 51.3 Å². The van der Waals surface area contributed by atoms with Crippen LogP contribution in [0.15, 0.2) is 36.1 Å². The highest BCUT2D eigenvalue weighted by molar-refractivity contribution is 7.09. The number of pyridine rings is 1. The molecule has 0 aromatic carbocycles. The van der Waals surface area contributed by atoms with Gasteiger partial charge < -0.3 is 9.30 Å². The molecule has 29 heavy (non-hydrogen) atoms. The molecule has 0 bridgehead atoms. The molecule has 3 aromatic rings. The maximum absolute atomic E-state index is 12.7. The van der Waals surface area contributed by atoms with Crippen LogP contribution in [0, 0.1) is 6.92 Å². The van der Waals surface area contributed by atoms with Crippen molar-refractivity contribution in [2.75, 3.05) is 13.1 Å². The lowest BCUT2D eigenvalue weighted by Gasteiger charge is -2.38. The number of hydrogen-bond acceptors (Lipinski definition) is 5. The molecule has 1 spiro atoms. The lowest BCUT2D eigenvalue weighted by molar-refractivity contribution is -0.132. The predicted octanol–water partition coefficient (Wildman–Crippen LogP) is 3.65. The molecule has 7 heteroatoms. The van der Waals surface area contributed by atoms with Crippen LogP contribution in [0.25, 0.3) is 5.65 Å². The number of nitrogens with zero attached hydrogens (tertiary/aromatic N) is 5. The number of rotatable bonds is 4. The number of amides is 1. The van der Waals surface area contributed by atoms with Crippen molar-refractivity contribution in [3.8, 4) is 0 Å². The third kappa shape index (κ3) is 3.46. The van der Waals surface area contributed by atoms with Crippen LogP contribution in [-0.2, 0) is 17.9 Å². The first-order valence-corrected chi connectivity index (χ1v) is 11.4. The Morgan fingerprint density at radius 2 is 2.10 bits per heavy atom. The molecule has 2 saturated heterocycles. The normalized spacial score (nSPS) is 23.3. The minimum atomic E-state index is 0.0176. The molecule has 1 amide bonds. The van der Waals surface area contributed by atoms with Gasteiger partial charge in [0.25, 0.3) is 0 Å². The molecule has 1 atom stereocenters. The Morgan fingerprint density at radius 1 is 1.17 bits per heavy atom. The Bertz CT molecular complexity index is 1010. The van der Waals surface area contributed by atoms with E-state index < -0.39 is 0 Å². The lowest BCUT2D eigenvalue weighted by atomic mass is 9.87. The summed E-state index contributed by atoms with van der Waals surface area (Å²) in [5, 5.41) is 0. The number of imidazole rings is 1. The first-order valence-electron chi connectivity index (χ1n) is 10.5. The quantitative estimate of drug-likeness (QED) is 0.660. The largest absolute Gasteiger partial charge is 0.332 e. The zero-order valence-electron chi connectivity index (χ0n) is 16.9. The lowest BCUT2D eigenvalue weighted by Crippen LogP contribution is -2.45. The van der Waals surface area contributed by atoms with Gasteiger partial charge in [-0.25, -0.2) is 4.98 Å². The molecule has 5 heterocycles. The second-order valence-electron chi connectivity index (χ2n) is 8.37. The molecule has 3 aromatic heterocycles. The number of thiazole rings is 1. The predicted molar refractivity (Wildman–Crippen MR) is 114 cm³/mol. The van der Waals surface area contributed by atoms with E-state index in [0.29, 0.717) is 12.3 Å². The number of aromatic nitrogens is 3. The van der Waals surface area contributed by atoms with Crippen molar-refractivity contribution >= 4 is 22.9 Å². The summed E-state index contributed by atoms with van der Waals surface area (Å²) >= 11 is 1.64. The van der Waals surface area contributed by atoms with Gasteiger partial charge in [0, 0.05) is 48.0 Å². The summed E-state index contributed by atoms with van der Waals surface area (Å²) in [5.74, 6) is 0.308. The fourth-order valence-electron chi connectivity index (χ4n) is 5.05. The van der Waals surface area contributed by atoms with Crippen molar-refractivity contribution in [1.29, 1.82) is 0 Å². The molecule has 5 rings (SSSR count). The third-order valence-electron chi connectivity index (χ3n) is 6.73. The molecule has 2 fully saturated rings. The molecule has 0 radical (unpaired) electrons. The second kappa shape index (κ2) is 7.54. The van der Waals surface area contributed by atoms with E-state index in [2.05, 4.69) is 44.4 Å². The molecular formula is C22H27N5OS. The molecular weight excluding hydrogens is 382 g/mol. The SMILES string of the molecule is Cc1c(CN2CCC[C@]3(CCC(=O)N3Cc3cncs3)CC2)nc2ccccn12. The van der Waals surface area contributed by atoms with Crippen molar-refractivity contribution < 1.29 is 4.79 Å². The Kier molecular flexibility index (Phi) is 4.87. The number of likely N-dealkylation sites (tertiary alicyclic amines) is 2. The standard InChI is InChI=1S/C22H27N5OS/c1-17-19(24-20-5-2-3-11-26(17)20)15-25-10-4-7-22(9-12-25)8-6-21(28)27(22)14-18-13-23-16-29-18/h2-3,5,11,13,16H,4,6-10,12,14-15H2,1H3/t22-/m0/s1. The zero-order chi connectivity index (χ0) is 19.8. The Labute approximate surface area is 175 Å². The summed E-state index contributed by atoms with van der Waals surface area (Å²) in [5.41, 5.74) is 5.28. The molecule has 2 aliphatic rings. The van der Waals surface area contributed by atoms with Gasteiger partial charge in [-0.3, -0.25) is 14.7 Å². The highest BCUT2D eigenvalue weighted by Crippen LogP contribution is 2.40. The fraction of sp³-hybridized carbons (Fsp3) is 0.500. The average molecular weight is 410 g/mol. The van der Waals surface area contributed by atoms with E-state index in [4.69, 9.17) is 4.98 Å². The van der Waals surface area contributed by atoms with E-state index in [0.717, 1.165) is 63.2 Å². The maximum atomic E-state index is 12.7. The molecule has 0 saturated carbocycles. The summed E-state index contributed by atoms with van der Waals surface area (Å²) in [4.78, 5) is 27.6. The summed E-state index contributed by atoms with van der Waals surface area (Å²) < 4.78 is 2.17. The second-order valence-corrected chi connectivity index (χ2v) is 9.35. The molecule has 2 aliphatic heterocycles. The van der Waals surface area contributed by atoms with Crippen LogP contribution in [0.2, 0.25) is 0 Å². The summed E-state index contributed by atoms with van der Waals surface area (Å²) in [6.07, 6.45) is 8.93. The third-order valence-corrected chi connectivity index (χ3v) is 7.49. The first-order chi connectivity index (χ1) is 14.1. The van der Waals surface area contributed by atoms with Gasteiger partial charge >= 0.3 is 0 Å². The minimum absolute atomic E-state index is 0.0176. The van der Waals surface area contributed by atoms with Gasteiger partial charge in [0.1, 0.15) is 5.65 Å². The average Bonchev–Trinajstić information content (AvgIpc) is 3.38. The van der Waals surface area contributed by atoms with Crippen molar-refractivity contribution in [3.63, 3.8) is 0 Å². The van der Waals surface area contributed by atoms with E-state index in [1.54, 1.807) is 11.3 Å². The van der Waals surface area contributed by atoms with Gasteiger partial charge in [-0.1, -0.05) is 6.07 Å². The van der Waals surface area contributed by atoms with Gasteiger partial charge in [0.15, 0.2) is 0 Å². The van der Waals surface area contributed by atoms with Crippen molar-refractivity contribution in [1.82, 2.24) is 24.2 Å². The number of fused-ring (bicyclic) bond motifs is 1. The van der Waals surface area contributed by atoms with Crippen LogP contribution in [0.4, 0.5) is 0 Å². The van der Waals surface area contributed by atoms with Crippen molar-refractivity contribution in [2.24, 2.45) is 0 Å². The first kappa shape index (κ1) is 18.8. The topological polar surface area (TPSA) is 53.7 Å². The van der Waals surface area contributed by atoms with E-state index in [1.165, 1.54) is 10.6 Å². The van der Waals surface area contributed by atoms with Crippen molar-refractivity contribution in [3.05, 3.63) is 52.4 Å². The van der Waals surface area contributed by atoms with Gasteiger partial charge in [-0.2, -0.15) is 0 Å². The van der Waals surface area contributed by atoms with Crippen LogP contribution in [0.3, 0.4) is 0 Å². The highest BCUT2D eigenvalue weighted by Gasteiger charge is 2.45. The van der Waals surface area contributed by atoms with Crippen LogP contribution in [0.1, 0.15) is 48.4 Å². The summed E-state index contributed by atoms with van der Waals surface area (Å²) in [6, 6.07) is 6.15. The molecule has 0 aliphatic carbocycles. The van der Waals surface area contributed by atoms with E-state index in [9.17, 15) is 4.79 Å². The number of carbonyl (C=O) groups excluding carboxylic acids is 1. The minimum Gasteiger partial charge on any atom is -0.332 e. The number of aryl methyl sites for hydroxylation is 1. The Balaban J connectivity index is 1.31. The van der Waals surface area contributed by atoms with E-state index in [-0.39, 0.29) is 5.54 Å². The van der Waals surface area contributed by atoms with Crippen LogP contribution >= 0.6 is 11.3 Å². The number of carbonyl (C=O) groups is 1. The fourth-order valence-corrected chi connectivity index (χ4v) is 5.63. The van der Waals surface area contributed by atoms with E-state index in [1.807, 2.05) is 17.8 Å². The molecule has 6 nitrogen and oxygen atoms in total. The van der Waals surface area contributed by atoms with E-state index >= 15 is 0 Å². The zero-order valence-corrected chi connectivity index (χ0v) is 17.7. The number of hydrogen-bond donors (Lipinski definition) is 0. The monoisotopic (exact) mass is 409 g/mol. The smallest absolute Gasteiger partial charge is 0.223 e. The molecule has 0 unspecified atom stereocenters. The van der Waals surface area contributed by atoms with Gasteiger partial charge in [-0.15, -0.1) is 11.3 Å². The molecule has 152 valence electrons. The van der Waals surface area contributed by atoms with Crippen LogP contribution in [0.5, 0.6) is 0 Å².